The van der Waals surface area contributed by atoms with Gasteiger partial charge in [0.25, 0.3) is 0 Å². The van der Waals surface area contributed by atoms with Crippen molar-refractivity contribution in [2.75, 3.05) is 6.61 Å². The molecule has 0 spiro atoms. The molecule has 300 valence electrons. The van der Waals surface area contributed by atoms with Crippen molar-refractivity contribution in [3.05, 3.63) is 0 Å². The van der Waals surface area contributed by atoms with Crippen molar-refractivity contribution < 1.29 is 25.2 Å². The van der Waals surface area contributed by atoms with Gasteiger partial charge in [-0.05, 0) is 12.8 Å². The smallest absolute Gasteiger partial charge is 0.249 e. The van der Waals surface area contributed by atoms with Gasteiger partial charge in [0.2, 0.25) is 5.91 Å². The summed E-state index contributed by atoms with van der Waals surface area (Å²) in [6, 6.07) is -0.975. The molecule has 6 heteroatoms. The molecule has 0 aliphatic heterocycles. The van der Waals surface area contributed by atoms with Gasteiger partial charge in [-0.25, -0.2) is 0 Å². The van der Waals surface area contributed by atoms with E-state index in [9.17, 15) is 25.2 Å². The van der Waals surface area contributed by atoms with Crippen LogP contribution in [0.4, 0.5) is 0 Å². The molecule has 0 aromatic carbocycles. The molecule has 50 heavy (non-hydrogen) atoms. The van der Waals surface area contributed by atoms with Gasteiger partial charge in [0.15, 0.2) is 0 Å². The van der Waals surface area contributed by atoms with E-state index in [0.717, 1.165) is 44.9 Å². The number of amides is 1. The van der Waals surface area contributed by atoms with Crippen LogP contribution in [0.2, 0.25) is 0 Å². The van der Waals surface area contributed by atoms with Crippen LogP contribution < -0.4 is 5.32 Å². The molecule has 0 saturated heterocycles. The Morgan fingerprint density at radius 3 is 0.980 bits per heavy atom. The first kappa shape index (κ1) is 49.3. The Morgan fingerprint density at radius 2 is 0.680 bits per heavy atom. The van der Waals surface area contributed by atoms with Crippen LogP contribution in [0.5, 0.6) is 0 Å². The predicted molar refractivity (Wildman–Crippen MR) is 215 cm³/mol. The van der Waals surface area contributed by atoms with E-state index in [1.54, 1.807) is 0 Å². The van der Waals surface area contributed by atoms with Gasteiger partial charge in [-0.1, -0.05) is 232 Å². The minimum absolute atomic E-state index is 0.374. The second kappa shape index (κ2) is 39.5. The lowest BCUT2D eigenvalue weighted by molar-refractivity contribution is -0.132. The largest absolute Gasteiger partial charge is 0.394 e. The van der Waals surface area contributed by atoms with Crippen LogP contribution in [0.1, 0.15) is 245 Å². The fourth-order valence-electron chi connectivity index (χ4n) is 7.23. The molecule has 0 bridgehead atoms. The summed E-state index contributed by atoms with van der Waals surface area (Å²) in [6.45, 7) is 3.92. The number of hydrogen-bond acceptors (Lipinski definition) is 5. The number of aliphatic hydroxyl groups excluding tert-OH is 4. The van der Waals surface area contributed by atoms with Gasteiger partial charge < -0.3 is 25.7 Å². The Kier molecular flexibility index (Phi) is 39.0. The normalized spacial score (nSPS) is 14.1. The minimum Gasteiger partial charge on any atom is -0.394 e. The molecule has 0 aromatic rings. The van der Waals surface area contributed by atoms with Gasteiger partial charge in [-0.3, -0.25) is 4.79 Å². The van der Waals surface area contributed by atoms with Gasteiger partial charge in [0, 0.05) is 0 Å². The zero-order valence-electron chi connectivity index (χ0n) is 33.7. The number of nitrogens with one attached hydrogen (secondary N) is 1. The van der Waals surface area contributed by atoms with Crippen LogP contribution in [-0.4, -0.2) is 57.3 Å². The van der Waals surface area contributed by atoms with Gasteiger partial charge in [0.05, 0.1) is 18.8 Å². The molecule has 0 heterocycles. The Balaban J connectivity index is 3.42. The van der Waals surface area contributed by atoms with E-state index < -0.39 is 36.9 Å². The van der Waals surface area contributed by atoms with Crippen molar-refractivity contribution in [3.63, 3.8) is 0 Å². The summed E-state index contributed by atoms with van der Waals surface area (Å²) in [5, 5.41) is 43.0. The first-order chi connectivity index (χ1) is 24.5. The summed E-state index contributed by atoms with van der Waals surface area (Å²) < 4.78 is 0. The standard InChI is InChI=1S/C44H89NO5/c1-3-5-7-9-10-11-12-13-14-15-16-17-18-19-20-21-22-23-24-25-26-27-28-29-30-31-32-33-34-36-38-42(48)44(50)45-40(39-46)43(49)41(47)37-35-8-6-4-2/h40-43,46-49H,3-39H2,1-2H3,(H,45,50). The Hall–Kier alpha value is -0.690. The number of hydrogen-bond donors (Lipinski definition) is 5. The minimum atomic E-state index is -1.25. The average molecular weight is 712 g/mol. The average Bonchev–Trinajstić information content (AvgIpc) is 3.12. The number of rotatable bonds is 41. The zero-order valence-corrected chi connectivity index (χ0v) is 33.7. The Labute approximate surface area is 311 Å². The van der Waals surface area contributed by atoms with Gasteiger partial charge in [-0.2, -0.15) is 0 Å². The second-order valence-corrected chi connectivity index (χ2v) is 15.8. The highest BCUT2D eigenvalue weighted by molar-refractivity contribution is 5.80. The third-order valence-electron chi connectivity index (χ3n) is 10.8. The van der Waals surface area contributed by atoms with Crippen LogP contribution in [-0.2, 0) is 4.79 Å². The number of aliphatic hydroxyl groups is 4. The molecule has 0 radical (unpaired) electrons. The molecule has 0 aliphatic carbocycles. The van der Waals surface area contributed by atoms with Crippen LogP contribution >= 0.6 is 0 Å². The van der Waals surface area contributed by atoms with Crippen molar-refractivity contribution in [3.8, 4) is 0 Å². The van der Waals surface area contributed by atoms with E-state index in [4.69, 9.17) is 0 Å². The highest BCUT2D eigenvalue weighted by Gasteiger charge is 2.28. The first-order valence-electron chi connectivity index (χ1n) is 22.4. The molecular formula is C44H89NO5. The molecule has 5 N–H and O–H groups in total. The monoisotopic (exact) mass is 712 g/mol. The van der Waals surface area contributed by atoms with E-state index in [0.29, 0.717) is 12.8 Å². The van der Waals surface area contributed by atoms with Crippen molar-refractivity contribution in [1.82, 2.24) is 5.32 Å². The molecule has 6 nitrogen and oxygen atoms in total. The molecule has 0 aliphatic rings. The third-order valence-corrected chi connectivity index (χ3v) is 10.8. The first-order valence-corrected chi connectivity index (χ1v) is 22.4. The topological polar surface area (TPSA) is 110 Å². The summed E-state index contributed by atoms with van der Waals surface area (Å²) in [5.41, 5.74) is 0. The van der Waals surface area contributed by atoms with E-state index >= 15 is 0 Å². The zero-order chi connectivity index (χ0) is 36.8. The molecule has 0 fully saturated rings. The van der Waals surface area contributed by atoms with Crippen molar-refractivity contribution >= 4 is 5.91 Å². The molecule has 4 atom stereocenters. The molecule has 1 amide bonds. The fraction of sp³-hybridized carbons (Fsp3) is 0.977. The SMILES string of the molecule is CCCCCCCCCCCCCCCCCCCCCCCCCCCCCCCCC(O)C(=O)NC(CO)C(O)C(O)CCCCCC. The summed E-state index contributed by atoms with van der Waals surface area (Å²) >= 11 is 0. The van der Waals surface area contributed by atoms with E-state index in [2.05, 4.69) is 19.2 Å². The van der Waals surface area contributed by atoms with Gasteiger partial charge in [-0.15, -0.1) is 0 Å². The third kappa shape index (κ3) is 33.2. The van der Waals surface area contributed by atoms with E-state index in [1.165, 1.54) is 173 Å². The lowest BCUT2D eigenvalue weighted by atomic mass is 9.99. The van der Waals surface area contributed by atoms with Gasteiger partial charge in [0.1, 0.15) is 12.2 Å². The molecule has 0 saturated carbocycles. The van der Waals surface area contributed by atoms with Crippen LogP contribution in [0, 0.1) is 0 Å². The van der Waals surface area contributed by atoms with Crippen LogP contribution in [0.25, 0.3) is 0 Å². The maximum absolute atomic E-state index is 12.4. The van der Waals surface area contributed by atoms with Crippen LogP contribution in [0.15, 0.2) is 0 Å². The van der Waals surface area contributed by atoms with Crippen molar-refractivity contribution in [2.24, 2.45) is 0 Å². The van der Waals surface area contributed by atoms with Gasteiger partial charge >= 0.3 is 0 Å². The maximum Gasteiger partial charge on any atom is 0.249 e. The molecule has 0 aromatic heterocycles. The summed E-state index contributed by atoms with van der Waals surface area (Å²) in [4.78, 5) is 12.4. The van der Waals surface area contributed by atoms with Crippen molar-refractivity contribution in [1.29, 1.82) is 0 Å². The van der Waals surface area contributed by atoms with Crippen LogP contribution in [0.3, 0.4) is 0 Å². The van der Waals surface area contributed by atoms with E-state index in [-0.39, 0.29) is 0 Å². The van der Waals surface area contributed by atoms with E-state index in [1.807, 2.05) is 0 Å². The maximum atomic E-state index is 12.4. The summed E-state index contributed by atoms with van der Waals surface area (Å²) in [6.07, 6.45) is 42.3. The Bertz CT molecular complexity index is 677. The molecule has 0 rings (SSSR count). The highest BCUT2D eigenvalue weighted by Crippen LogP contribution is 2.17. The quantitative estimate of drug-likeness (QED) is 0.0406. The number of carbonyl (C=O) groups excluding carboxylic acids is 1. The predicted octanol–water partition coefficient (Wildman–Crippen LogP) is 11.6. The number of carbonyl (C=O) groups is 1. The summed E-state index contributed by atoms with van der Waals surface area (Å²) in [7, 11) is 0. The second-order valence-electron chi connectivity index (χ2n) is 15.8. The Morgan fingerprint density at radius 1 is 0.420 bits per heavy atom. The molecule has 4 unspecified atom stereocenters. The lowest BCUT2D eigenvalue weighted by Gasteiger charge is -2.27. The molecular weight excluding hydrogens is 622 g/mol. The number of unbranched alkanes of at least 4 members (excludes halogenated alkanes) is 32. The van der Waals surface area contributed by atoms with Crippen molar-refractivity contribution in [2.45, 2.75) is 269 Å². The lowest BCUT2D eigenvalue weighted by Crippen LogP contribution is -2.53. The summed E-state index contributed by atoms with van der Waals surface area (Å²) in [5.74, 6) is -0.586. The highest BCUT2D eigenvalue weighted by atomic mass is 16.3. The fourth-order valence-corrected chi connectivity index (χ4v) is 7.23.